The number of anilines is 2. The molecule has 2 heteroatoms. The van der Waals surface area contributed by atoms with Crippen LogP contribution >= 0.6 is 0 Å². The van der Waals surface area contributed by atoms with Crippen molar-refractivity contribution in [2.45, 2.75) is 34.1 Å². The molecule has 0 fully saturated rings. The molecular formula is C21H29N2. The Hall–Kier alpha value is -1.96. The molecule has 1 radical (unpaired) electrons. The van der Waals surface area contributed by atoms with Gasteiger partial charge in [-0.25, -0.2) is 0 Å². The van der Waals surface area contributed by atoms with E-state index in [1.165, 1.54) is 22.5 Å². The zero-order valence-corrected chi connectivity index (χ0v) is 15.0. The summed E-state index contributed by atoms with van der Waals surface area (Å²) in [4.78, 5) is 4.90. The second-order valence-corrected chi connectivity index (χ2v) is 5.70. The molecule has 2 aromatic carbocycles. The molecule has 2 rings (SSSR count). The third kappa shape index (κ3) is 4.07. The highest BCUT2D eigenvalue weighted by atomic mass is 15.2. The molecule has 0 spiro atoms. The van der Waals surface area contributed by atoms with E-state index in [4.69, 9.17) is 0 Å². The zero-order chi connectivity index (χ0) is 16.7. The minimum absolute atomic E-state index is 0.932. The molecule has 123 valence electrons. The average molecular weight is 309 g/mol. The molecule has 0 unspecified atom stereocenters. The van der Waals surface area contributed by atoms with Crippen molar-refractivity contribution >= 4 is 11.4 Å². The van der Waals surface area contributed by atoms with Crippen LogP contribution in [0.4, 0.5) is 11.4 Å². The van der Waals surface area contributed by atoms with E-state index in [0.717, 1.165) is 32.6 Å². The molecule has 0 amide bonds. The first-order valence-electron chi connectivity index (χ1n) is 8.82. The minimum Gasteiger partial charge on any atom is -0.370 e. The van der Waals surface area contributed by atoms with E-state index >= 15 is 0 Å². The third-order valence-corrected chi connectivity index (χ3v) is 4.43. The Morgan fingerprint density at radius 1 is 0.783 bits per heavy atom. The van der Waals surface area contributed by atoms with Crippen LogP contribution in [-0.4, -0.2) is 26.2 Å². The predicted molar refractivity (Wildman–Crippen MR) is 102 cm³/mol. The Kier molecular flexibility index (Phi) is 6.52. The third-order valence-electron chi connectivity index (χ3n) is 4.43. The summed E-state index contributed by atoms with van der Waals surface area (Å²) in [6.07, 6.45) is 0.932. The van der Waals surface area contributed by atoms with Gasteiger partial charge in [-0.05, 0) is 51.0 Å². The molecule has 2 aromatic rings. The summed E-state index contributed by atoms with van der Waals surface area (Å²) in [7, 11) is 0. The van der Waals surface area contributed by atoms with Crippen molar-refractivity contribution in [2.75, 3.05) is 36.0 Å². The van der Waals surface area contributed by atoms with Gasteiger partial charge in [0.2, 0.25) is 0 Å². The van der Waals surface area contributed by atoms with Gasteiger partial charge < -0.3 is 9.80 Å². The van der Waals surface area contributed by atoms with Gasteiger partial charge in [0.15, 0.2) is 0 Å². The standard InChI is InChI=1S/C21H29N2/c1-5-22(6-2)20-16-12-15-19(21(20)23(7-3)8-4)17-18-13-10-9-11-14-18/h9-14,16H,5-8,17H2,1-4H3. The normalized spacial score (nSPS) is 10.6. The quantitative estimate of drug-likeness (QED) is 0.693. The summed E-state index contributed by atoms with van der Waals surface area (Å²) in [5, 5.41) is 0. The van der Waals surface area contributed by atoms with Crippen LogP contribution in [0.25, 0.3) is 0 Å². The Labute approximate surface area is 141 Å². The smallest absolute Gasteiger partial charge is 0.0646 e. The first kappa shape index (κ1) is 17.4. The summed E-state index contributed by atoms with van der Waals surface area (Å²) in [5.41, 5.74) is 5.33. The lowest BCUT2D eigenvalue weighted by molar-refractivity contribution is 0.826. The topological polar surface area (TPSA) is 6.48 Å². The largest absolute Gasteiger partial charge is 0.370 e. The van der Waals surface area contributed by atoms with Crippen molar-refractivity contribution in [3.8, 4) is 0 Å². The van der Waals surface area contributed by atoms with Crippen LogP contribution in [0, 0.1) is 6.07 Å². The number of rotatable bonds is 8. The van der Waals surface area contributed by atoms with Crippen LogP contribution in [0.5, 0.6) is 0 Å². The maximum Gasteiger partial charge on any atom is 0.0646 e. The number of benzene rings is 2. The van der Waals surface area contributed by atoms with Crippen LogP contribution in [0.2, 0.25) is 0 Å². The Bertz CT molecular complexity index is 584. The summed E-state index contributed by atoms with van der Waals surface area (Å²) < 4.78 is 0. The summed E-state index contributed by atoms with van der Waals surface area (Å²) in [6.45, 7) is 13.0. The van der Waals surface area contributed by atoms with Crippen LogP contribution in [0.3, 0.4) is 0 Å². The fourth-order valence-corrected chi connectivity index (χ4v) is 3.17. The van der Waals surface area contributed by atoms with Crippen LogP contribution in [-0.2, 0) is 6.42 Å². The maximum atomic E-state index is 3.51. The van der Waals surface area contributed by atoms with E-state index in [-0.39, 0.29) is 0 Å². The molecular weight excluding hydrogens is 280 g/mol. The van der Waals surface area contributed by atoms with Gasteiger partial charge in [-0.3, -0.25) is 0 Å². The Morgan fingerprint density at radius 3 is 1.96 bits per heavy atom. The molecule has 0 aliphatic heterocycles. The molecule has 0 atom stereocenters. The summed E-state index contributed by atoms with van der Waals surface area (Å²) >= 11 is 0. The van der Waals surface area contributed by atoms with Crippen LogP contribution in [0.15, 0.2) is 42.5 Å². The van der Waals surface area contributed by atoms with Crippen LogP contribution < -0.4 is 9.80 Å². The minimum atomic E-state index is 0.932. The lowest BCUT2D eigenvalue weighted by Crippen LogP contribution is -2.29. The van der Waals surface area contributed by atoms with E-state index in [1.807, 2.05) is 0 Å². The molecule has 2 nitrogen and oxygen atoms in total. The van der Waals surface area contributed by atoms with Gasteiger partial charge in [-0.2, -0.15) is 0 Å². The van der Waals surface area contributed by atoms with Gasteiger partial charge in [0.1, 0.15) is 0 Å². The molecule has 0 saturated heterocycles. The van der Waals surface area contributed by atoms with Gasteiger partial charge in [0.25, 0.3) is 0 Å². The highest BCUT2D eigenvalue weighted by molar-refractivity contribution is 5.75. The SMILES string of the molecule is CCN(CC)c1cc[c]c(Cc2ccccc2)c1N(CC)CC. The van der Waals surface area contributed by atoms with E-state index < -0.39 is 0 Å². The fraction of sp³-hybridized carbons (Fsp3) is 0.429. The molecule has 0 saturated carbocycles. The molecule has 0 heterocycles. The van der Waals surface area contributed by atoms with Crippen molar-refractivity contribution in [3.05, 3.63) is 59.7 Å². The monoisotopic (exact) mass is 309 g/mol. The zero-order valence-electron chi connectivity index (χ0n) is 15.0. The average Bonchev–Trinajstić information content (AvgIpc) is 2.60. The second-order valence-electron chi connectivity index (χ2n) is 5.70. The molecule has 0 N–H and O–H groups in total. The molecule has 23 heavy (non-hydrogen) atoms. The first-order chi connectivity index (χ1) is 11.2. The van der Waals surface area contributed by atoms with Gasteiger partial charge in [0.05, 0.1) is 11.4 Å². The van der Waals surface area contributed by atoms with Crippen LogP contribution in [0.1, 0.15) is 38.8 Å². The van der Waals surface area contributed by atoms with E-state index in [1.54, 1.807) is 0 Å². The van der Waals surface area contributed by atoms with E-state index in [9.17, 15) is 0 Å². The van der Waals surface area contributed by atoms with Crippen molar-refractivity contribution in [1.82, 2.24) is 0 Å². The first-order valence-corrected chi connectivity index (χ1v) is 8.82. The van der Waals surface area contributed by atoms with Gasteiger partial charge in [0, 0.05) is 32.6 Å². The summed E-state index contributed by atoms with van der Waals surface area (Å²) in [5.74, 6) is 0. The molecule has 0 aliphatic carbocycles. The molecule has 0 aromatic heterocycles. The highest BCUT2D eigenvalue weighted by Gasteiger charge is 2.17. The van der Waals surface area contributed by atoms with Crippen molar-refractivity contribution in [1.29, 1.82) is 0 Å². The van der Waals surface area contributed by atoms with Gasteiger partial charge in [-0.15, -0.1) is 0 Å². The lowest BCUT2D eigenvalue weighted by Gasteiger charge is -2.32. The van der Waals surface area contributed by atoms with Crippen molar-refractivity contribution in [2.24, 2.45) is 0 Å². The fourth-order valence-electron chi connectivity index (χ4n) is 3.17. The van der Waals surface area contributed by atoms with Gasteiger partial charge >= 0.3 is 0 Å². The van der Waals surface area contributed by atoms with Gasteiger partial charge in [-0.1, -0.05) is 36.4 Å². The number of nitrogens with zero attached hydrogens (tertiary/aromatic N) is 2. The Morgan fingerprint density at radius 2 is 1.39 bits per heavy atom. The lowest BCUT2D eigenvalue weighted by atomic mass is 10.0. The second kappa shape index (κ2) is 8.61. The molecule has 0 bridgehead atoms. The number of hydrogen-bond donors (Lipinski definition) is 0. The van der Waals surface area contributed by atoms with E-state index in [2.05, 4.69) is 86.0 Å². The number of hydrogen-bond acceptors (Lipinski definition) is 2. The van der Waals surface area contributed by atoms with E-state index in [0.29, 0.717) is 0 Å². The highest BCUT2D eigenvalue weighted by Crippen LogP contribution is 2.34. The predicted octanol–water partition coefficient (Wildman–Crippen LogP) is 4.77. The van der Waals surface area contributed by atoms with Crippen molar-refractivity contribution < 1.29 is 0 Å². The van der Waals surface area contributed by atoms with Crippen molar-refractivity contribution in [3.63, 3.8) is 0 Å². The summed E-state index contributed by atoms with van der Waals surface area (Å²) in [6, 6.07) is 18.5. The Balaban J connectivity index is 2.50. The molecule has 0 aliphatic rings. The maximum absolute atomic E-state index is 3.51.